The highest BCUT2D eigenvalue weighted by Gasteiger charge is 2.35. The third kappa shape index (κ3) is 3.30. The normalized spacial score (nSPS) is 30.0. The zero-order valence-corrected chi connectivity index (χ0v) is 12.2. The van der Waals surface area contributed by atoms with Crippen LogP contribution in [0.4, 0.5) is 0 Å². The number of hydrogen-bond acceptors (Lipinski definition) is 4. The minimum atomic E-state index is -0.719. The standard InChI is InChI=1S/C14H24N2O4/c1-10-9-12(14(18)19)3-4-16(10)11(2)13(17)15-5-7-20-8-6-15/h10-12H,3-9H2,1-2H3,(H,18,19). The van der Waals surface area contributed by atoms with Crippen molar-refractivity contribution in [3.63, 3.8) is 0 Å². The quantitative estimate of drug-likeness (QED) is 0.813. The van der Waals surface area contributed by atoms with Crippen molar-refractivity contribution in [2.24, 2.45) is 5.92 Å². The van der Waals surface area contributed by atoms with Crippen LogP contribution in [0, 0.1) is 5.92 Å². The predicted molar refractivity (Wildman–Crippen MR) is 73.4 cm³/mol. The van der Waals surface area contributed by atoms with Gasteiger partial charge in [0, 0.05) is 25.7 Å². The van der Waals surface area contributed by atoms with E-state index in [1.54, 1.807) is 0 Å². The van der Waals surface area contributed by atoms with E-state index < -0.39 is 5.97 Å². The van der Waals surface area contributed by atoms with Gasteiger partial charge in [0.15, 0.2) is 0 Å². The molecule has 114 valence electrons. The van der Waals surface area contributed by atoms with Gasteiger partial charge in [-0.05, 0) is 26.7 Å². The Kier molecular flexibility index (Phi) is 4.99. The van der Waals surface area contributed by atoms with Crippen LogP contribution >= 0.6 is 0 Å². The summed E-state index contributed by atoms with van der Waals surface area (Å²) in [6.45, 7) is 7.14. The number of nitrogens with zero attached hydrogens (tertiary/aromatic N) is 2. The van der Waals surface area contributed by atoms with Gasteiger partial charge in [0.05, 0.1) is 25.2 Å². The van der Waals surface area contributed by atoms with Crippen LogP contribution in [0.5, 0.6) is 0 Å². The first-order chi connectivity index (χ1) is 9.50. The van der Waals surface area contributed by atoms with E-state index in [2.05, 4.69) is 4.90 Å². The van der Waals surface area contributed by atoms with Crippen molar-refractivity contribution >= 4 is 11.9 Å². The average molecular weight is 284 g/mol. The molecule has 0 aliphatic carbocycles. The monoisotopic (exact) mass is 284 g/mol. The van der Waals surface area contributed by atoms with Crippen LogP contribution in [-0.4, -0.2) is 71.7 Å². The predicted octanol–water partition coefficient (Wildman–Crippen LogP) is 0.419. The van der Waals surface area contributed by atoms with Crippen molar-refractivity contribution in [2.45, 2.75) is 38.8 Å². The number of ether oxygens (including phenoxy) is 1. The third-order valence-electron chi connectivity index (χ3n) is 4.45. The highest BCUT2D eigenvalue weighted by Crippen LogP contribution is 2.25. The molecule has 0 bridgehead atoms. The first kappa shape index (κ1) is 15.3. The van der Waals surface area contributed by atoms with Crippen molar-refractivity contribution in [1.29, 1.82) is 0 Å². The molecule has 2 fully saturated rings. The van der Waals surface area contributed by atoms with E-state index in [0.717, 1.165) is 0 Å². The second kappa shape index (κ2) is 6.54. The maximum Gasteiger partial charge on any atom is 0.306 e. The number of carbonyl (C=O) groups is 2. The summed E-state index contributed by atoms with van der Waals surface area (Å²) >= 11 is 0. The number of hydrogen-bond donors (Lipinski definition) is 1. The van der Waals surface area contributed by atoms with Gasteiger partial charge in [-0.2, -0.15) is 0 Å². The van der Waals surface area contributed by atoms with Gasteiger partial charge in [-0.1, -0.05) is 0 Å². The van der Waals surface area contributed by atoms with Crippen molar-refractivity contribution < 1.29 is 19.4 Å². The smallest absolute Gasteiger partial charge is 0.306 e. The number of carboxylic acids is 1. The Balaban J connectivity index is 1.93. The molecule has 2 rings (SSSR count). The molecule has 0 spiro atoms. The molecular weight excluding hydrogens is 260 g/mol. The molecule has 2 saturated heterocycles. The van der Waals surface area contributed by atoms with Crippen molar-refractivity contribution in [1.82, 2.24) is 9.80 Å². The van der Waals surface area contributed by atoms with Gasteiger partial charge in [-0.3, -0.25) is 14.5 Å². The summed E-state index contributed by atoms with van der Waals surface area (Å²) in [6.07, 6.45) is 1.25. The second-order valence-electron chi connectivity index (χ2n) is 5.76. The molecule has 0 radical (unpaired) electrons. The van der Waals surface area contributed by atoms with Crippen LogP contribution in [0.25, 0.3) is 0 Å². The molecule has 1 amide bonds. The maximum absolute atomic E-state index is 12.5. The topological polar surface area (TPSA) is 70.1 Å². The number of carboxylic acid groups (broad SMARTS) is 1. The number of likely N-dealkylation sites (tertiary alicyclic amines) is 1. The summed E-state index contributed by atoms with van der Waals surface area (Å²) in [6, 6.07) is -0.0531. The number of aliphatic carboxylic acids is 1. The zero-order chi connectivity index (χ0) is 14.7. The van der Waals surface area contributed by atoms with Gasteiger partial charge in [0.25, 0.3) is 0 Å². The van der Waals surface area contributed by atoms with Gasteiger partial charge in [-0.15, -0.1) is 0 Å². The molecule has 2 heterocycles. The Morgan fingerprint density at radius 2 is 1.90 bits per heavy atom. The minimum absolute atomic E-state index is 0.129. The van der Waals surface area contributed by atoms with Gasteiger partial charge in [-0.25, -0.2) is 0 Å². The van der Waals surface area contributed by atoms with E-state index in [1.165, 1.54) is 0 Å². The van der Waals surface area contributed by atoms with E-state index >= 15 is 0 Å². The fourth-order valence-electron chi connectivity index (χ4n) is 3.18. The highest BCUT2D eigenvalue weighted by atomic mass is 16.5. The van der Waals surface area contributed by atoms with Crippen LogP contribution in [0.3, 0.4) is 0 Å². The summed E-state index contributed by atoms with van der Waals surface area (Å²) in [4.78, 5) is 27.5. The Morgan fingerprint density at radius 3 is 2.45 bits per heavy atom. The third-order valence-corrected chi connectivity index (χ3v) is 4.45. The zero-order valence-electron chi connectivity index (χ0n) is 12.2. The molecule has 3 unspecified atom stereocenters. The molecule has 6 nitrogen and oxygen atoms in total. The van der Waals surface area contributed by atoms with Gasteiger partial charge in [0.1, 0.15) is 0 Å². The van der Waals surface area contributed by atoms with Crippen molar-refractivity contribution in [2.75, 3.05) is 32.8 Å². The number of morpholine rings is 1. The lowest BCUT2D eigenvalue weighted by Crippen LogP contribution is -2.55. The molecule has 0 aromatic carbocycles. The fourth-order valence-corrected chi connectivity index (χ4v) is 3.18. The molecule has 2 aliphatic heterocycles. The lowest BCUT2D eigenvalue weighted by molar-refractivity contribution is -0.146. The number of amides is 1. The van der Waals surface area contributed by atoms with E-state index in [4.69, 9.17) is 9.84 Å². The van der Waals surface area contributed by atoms with Crippen LogP contribution in [-0.2, 0) is 14.3 Å². The Morgan fingerprint density at radius 1 is 1.25 bits per heavy atom. The average Bonchev–Trinajstić information content (AvgIpc) is 2.46. The van der Waals surface area contributed by atoms with Crippen LogP contribution in [0.1, 0.15) is 26.7 Å². The second-order valence-corrected chi connectivity index (χ2v) is 5.76. The van der Waals surface area contributed by atoms with E-state index in [1.807, 2.05) is 18.7 Å². The van der Waals surface area contributed by atoms with Gasteiger partial charge < -0.3 is 14.7 Å². The lowest BCUT2D eigenvalue weighted by atomic mass is 9.90. The Labute approximate surface area is 119 Å². The minimum Gasteiger partial charge on any atom is -0.481 e. The van der Waals surface area contributed by atoms with E-state index in [0.29, 0.717) is 45.7 Å². The van der Waals surface area contributed by atoms with Crippen LogP contribution in [0.15, 0.2) is 0 Å². The van der Waals surface area contributed by atoms with Crippen LogP contribution < -0.4 is 0 Å². The number of piperidine rings is 1. The molecule has 3 atom stereocenters. The van der Waals surface area contributed by atoms with Gasteiger partial charge >= 0.3 is 5.97 Å². The Bertz CT molecular complexity index is 368. The summed E-state index contributed by atoms with van der Waals surface area (Å²) in [5.41, 5.74) is 0. The largest absolute Gasteiger partial charge is 0.481 e. The summed E-state index contributed by atoms with van der Waals surface area (Å²) in [5, 5.41) is 9.09. The fraction of sp³-hybridized carbons (Fsp3) is 0.857. The summed E-state index contributed by atoms with van der Waals surface area (Å²) in [5.74, 6) is -0.857. The van der Waals surface area contributed by atoms with Crippen LogP contribution in [0.2, 0.25) is 0 Å². The number of rotatable bonds is 3. The lowest BCUT2D eigenvalue weighted by Gasteiger charge is -2.41. The highest BCUT2D eigenvalue weighted by molar-refractivity contribution is 5.81. The first-order valence-corrected chi connectivity index (χ1v) is 7.35. The molecule has 6 heteroatoms. The van der Waals surface area contributed by atoms with Gasteiger partial charge in [0.2, 0.25) is 5.91 Å². The molecule has 0 aromatic rings. The Hall–Kier alpha value is -1.14. The molecule has 1 N–H and O–H groups in total. The van der Waals surface area contributed by atoms with E-state index in [9.17, 15) is 9.59 Å². The number of carbonyl (C=O) groups excluding carboxylic acids is 1. The SMILES string of the molecule is CC1CC(C(=O)O)CCN1C(C)C(=O)N1CCOCC1. The molecule has 2 aliphatic rings. The van der Waals surface area contributed by atoms with E-state index in [-0.39, 0.29) is 23.9 Å². The maximum atomic E-state index is 12.5. The van der Waals surface area contributed by atoms with Crippen molar-refractivity contribution in [3.05, 3.63) is 0 Å². The molecule has 0 saturated carbocycles. The summed E-state index contributed by atoms with van der Waals surface area (Å²) < 4.78 is 5.26. The summed E-state index contributed by atoms with van der Waals surface area (Å²) in [7, 11) is 0. The van der Waals surface area contributed by atoms with Crippen molar-refractivity contribution in [3.8, 4) is 0 Å². The first-order valence-electron chi connectivity index (χ1n) is 7.35. The molecule has 20 heavy (non-hydrogen) atoms. The molecular formula is C14H24N2O4. The molecule has 0 aromatic heterocycles.